The molecule has 3 aromatic rings. The minimum atomic E-state index is -3.35. The van der Waals surface area contributed by atoms with Gasteiger partial charge in [0.15, 0.2) is 0 Å². The molecular formula is C31H35ClF2N4O5S. The number of ether oxygens (including phenoxy) is 1. The molecule has 2 unspecified atom stereocenters. The Morgan fingerprint density at radius 3 is 2.30 bits per heavy atom. The second kappa shape index (κ2) is 14.8. The van der Waals surface area contributed by atoms with E-state index >= 15 is 0 Å². The van der Waals surface area contributed by atoms with Crippen LogP contribution in [0.2, 0.25) is 0 Å². The quantitative estimate of drug-likeness (QED) is 0.185. The summed E-state index contributed by atoms with van der Waals surface area (Å²) in [5.74, 6) is -0.886. The van der Waals surface area contributed by atoms with E-state index in [1.54, 1.807) is 24.3 Å². The number of rotatable bonds is 12. The Kier molecular flexibility index (Phi) is 11.2. The standard InChI is InChI=1S/C31H35ClF2N4O5S/c1-3-4-5-23-16-22(35-31(40)36-29-17-26(30(32)39)27(33)18-28(29)34)14-15-38(23)19-20-6-10-24(11-7-20)43-25-12-8-21(9-13-25)37-44(2,41)42/h6-13,17-18,22-23,37H,3-5,14-16,19H2,1-2H3,(H2,35,36,40). The first kappa shape index (κ1) is 33.2. The van der Waals surface area contributed by atoms with E-state index < -0.39 is 38.5 Å². The van der Waals surface area contributed by atoms with Crippen LogP contribution >= 0.6 is 11.6 Å². The van der Waals surface area contributed by atoms with E-state index in [1.807, 2.05) is 24.3 Å². The van der Waals surface area contributed by atoms with Gasteiger partial charge in [-0.2, -0.15) is 0 Å². The van der Waals surface area contributed by atoms with Crippen molar-refractivity contribution in [2.45, 2.75) is 57.7 Å². The van der Waals surface area contributed by atoms with Gasteiger partial charge in [0.1, 0.15) is 23.1 Å². The molecule has 0 aromatic heterocycles. The molecule has 0 radical (unpaired) electrons. The lowest BCUT2D eigenvalue weighted by molar-refractivity contribution is 0.107. The number of hydrogen-bond donors (Lipinski definition) is 3. The highest BCUT2D eigenvalue weighted by Crippen LogP contribution is 2.27. The summed E-state index contributed by atoms with van der Waals surface area (Å²) < 4.78 is 59.1. The molecule has 1 aliphatic rings. The number of likely N-dealkylation sites (tertiary alicyclic amines) is 1. The maximum absolute atomic E-state index is 14.2. The first-order valence-corrected chi connectivity index (χ1v) is 16.5. The Morgan fingerprint density at radius 1 is 1.02 bits per heavy atom. The van der Waals surface area contributed by atoms with E-state index in [-0.39, 0.29) is 17.8 Å². The summed E-state index contributed by atoms with van der Waals surface area (Å²) in [4.78, 5) is 26.5. The van der Waals surface area contributed by atoms with Gasteiger partial charge in [0.25, 0.3) is 5.24 Å². The number of amides is 2. The molecule has 4 rings (SSSR count). The number of unbranched alkanes of at least 4 members (excludes halogenated alkanes) is 1. The van der Waals surface area contributed by atoms with Crippen LogP contribution < -0.4 is 20.1 Å². The molecule has 9 nitrogen and oxygen atoms in total. The van der Waals surface area contributed by atoms with E-state index in [1.165, 1.54) is 0 Å². The molecule has 44 heavy (non-hydrogen) atoms. The Balaban J connectivity index is 1.33. The van der Waals surface area contributed by atoms with E-state index in [4.69, 9.17) is 16.3 Å². The third-order valence-corrected chi connectivity index (χ3v) is 8.09. The van der Waals surface area contributed by atoms with Crippen molar-refractivity contribution in [1.82, 2.24) is 10.2 Å². The largest absolute Gasteiger partial charge is 0.457 e. The van der Waals surface area contributed by atoms with E-state index in [9.17, 15) is 26.8 Å². The molecule has 236 valence electrons. The number of hydrogen-bond acceptors (Lipinski definition) is 6. The molecule has 13 heteroatoms. The van der Waals surface area contributed by atoms with Crippen LogP contribution in [0.15, 0.2) is 60.7 Å². The van der Waals surface area contributed by atoms with Gasteiger partial charge in [0.05, 0.1) is 17.5 Å². The number of benzene rings is 3. The second-order valence-corrected chi connectivity index (χ2v) is 12.9. The number of urea groups is 1. The summed E-state index contributed by atoms with van der Waals surface area (Å²) in [5, 5.41) is 4.17. The molecule has 3 N–H and O–H groups in total. The van der Waals surface area contributed by atoms with Crippen molar-refractivity contribution in [1.29, 1.82) is 0 Å². The first-order valence-electron chi connectivity index (χ1n) is 14.2. The van der Waals surface area contributed by atoms with Crippen LogP contribution in [0.4, 0.5) is 25.0 Å². The van der Waals surface area contributed by atoms with Gasteiger partial charge in [0, 0.05) is 36.9 Å². The normalized spacial score (nSPS) is 17.1. The van der Waals surface area contributed by atoms with E-state index in [2.05, 4.69) is 27.2 Å². The Bertz CT molecular complexity index is 1570. The monoisotopic (exact) mass is 648 g/mol. The molecule has 0 saturated carbocycles. The fourth-order valence-electron chi connectivity index (χ4n) is 5.16. The van der Waals surface area contributed by atoms with Crippen molar-refractivity contribution in [2.75, 3.05) is 22.8 Å². The van der Waals surface area contributed by atoms with E-state index in [0.717, 1.165) is 50.2 Å². The number of carbonyl (C=O) groups excluding carboxylic acids is 2. The van der Waals surface area contributed by atoms with Crippen LogP contribution in [0.5, 0.6) is 11.5 Å². The molecule has 1 fully saturated rings. The molecule has 1 aliphatic heterocycles. The number of carbonyl (C=O) groups is 2. The highest BCUT2D eigenvalue weighted by atomic mass is 35.5. The number of nitrogens with zero attached hydrogens (tertiary/aromatic N) is 1. The van der Waals surface area contributed by atoms with Crippen LogP contribution in [0.1, 0.15) is 54.9 Å². The summed E-state index contributed by atoms with van der Waals surface area (Å²) in [6, 6.07) is 15.2. The van der Waals surface area contributed by atoms with Crippen LogP contribution in [0.3, 0.4) is 0 Å². The highest BCUT2D eigenvalue weighted by Gasteiger charge is 2.29. The van der Waals surface area contributed by atoms with Crippen molar-refractivity contribution in [3.05, 3.63) is 83.4 Å². The minimum Gasteiger partial charge on any atom is -0.457 e. The van der Waals surface area contributed by atoms with Gasteiger partial charge in [0.2, 0.25) is 10.0 Å². The summed E-state index contributed by atoms with van der Waals surface area (Å²) in [7, 11) is -3.35. The third-order valence-electron chi connectivity index (χ3n) is 7.28. The van der Waals surface area contributed by atoms with Crippen molar-refractivity contribution < 1.29 is 31.5 Å². The molecular weight excluding hydrogens is 614 g/mol. The highest BCUT2D eigenvalue weighted by molar-refractivity contribution is 7.92. The number of sulfonamides is 1. The Labute approximate surface area is 261 Å². The first-order chi connectivity index (χ1) is 20.9. The topological polar surface area (TPSA) is 117 Å². The maximum Gasteiger partial charge on any atom is 0.319 e. The fraction of sp³-hybridized carbons (Fsp3) is 0.355. The van der Waals surface area contributed by atoms with Crippen molar-refractivity contribution in [3.63, 3.8) is 0 Å². The predicted octanol–water partition coefficient (Wildman–Crippen LogP) is 6.85. The van der Waals surface area contributed by atoms with Crippen molar-refractivity contribution >= 4 is 44.3 Å². The van der Waals surface area contributed by atoms with E-state index in [0.29, 0.717) is 36.1 Å². The predicted molar refractivity (Wildman–Crippen MR) is 167 cm³/mol. The van der Waals surface area contributed by atoms with Gasteiger partial charge in [-0.05, 0) is 78.9 Å². The number of nitrogens with one attached hydrogen (secondary N) is 3. The zero-order valence-electron chi connectivity index (χ0n) is 24.4. The molecule has 0 spiro atoms. The number of piperidine rings is 1. The van der Waals surface area contributed by atoms with Gasteiger partial charge >= 0.3 is 6.03 Å². The number of anilines is 2. The minimum absolute atomic E-state index is 0.152. The lowest BCUT2D eigenvalue weighted by Crippen LogP contribution is -2.50. The average molecular weight is 649 g/mol. The molecule has 1 saturated heterocycles. The van der Waals surface area contributed by atoms with Gasteiger partial charge in [-0.15, -0.1) is 0 Å². The van der Waals surface area contributed by atoms with Gasteiger partial charge in [-0.3, -0.25) is 14.4 Å². The molecule has 0 bridgehead atoms. The third kappa shape index (κ3) is 9.63. The Hall–Kier alpha value is -3.74. The Morgan fingerprint density at radius 2 is 1.68 bits per heavy atom. The van der Waals surface area contributed by atoms with Crippen LogP contribution in [0, 0.1) is 11.6 Å². The lowest BCUT2D eigenvalue weighted by atomic mass is 9.93. The molecule has 0 aliphatic carbocycles. The zero-order valence-corrected chi connectivity index (χ0v) is 26.0. The fourth-order valence-corrected chi connectivity index (χ4v) is 5.87. The van der Waals surface area contributed by atoms with Crippen molar-refractivity contribution in [3.8, 4) is 11.5 Å². The van der Waals surface area contributed by atoms with Crippen LogP contribution in [-0.4, -0.2) is 49.5 Å². The molecule has 3 aromatic carbocycles. The van der Waals surface area contributed by atoms with Gasteiger partial charge in [-0.25, -0.2) is 22.0 Å². The number of halogens is 3. The molecule has 2 atom stereocenters. The summed E-state index contributed by atoms with van der Waals surface area (Å²) in [5.41, 5.74) is 0.704. The molecule has 2 amide bonds. The maximum atomic E-state index is 14.2. The van der Waals surface area contributed by atoms with Crippen molar-refractivity contribution in [2.24, 2.45) is 0 Å². The molecule has 1 heterocycles. The smallest absolute Gasteiger partial charge is 0.319 e. The van der Waals surface area contributed by atoms with Crippen LogP contribution in [-0.2, 0) is 16.6 Å². The SMILES string of the molecule is CCCCC1CC(NC(=O)Nc2cc(C(=O)Cl)c(F)cc2F)CCN1Cc1ccc(Oc2ccc(NS(C)(=O)=O)cc2)cc1. The van der Waals surface area contributed by atoms with Gasteiger partial charge in [-0.1, -0.05) is 31.9 Å². The lowest BCUT2D eigenvalue weighted by Gasteiger charge is -2.40. The van der Waals surface area contributed by atoms with Crippen LogP contribution in [0.25, 0.3) is 0 Å². The second-order valence-electron chi connectivity index (χ2n) is 10.8. The zero-order chi connectivity index (χ0) is 31.9. The van der Waals surface area contributed by atoms with Gasteiger partial charge < -0.3 is 15.4 Å². The summed E-state index contributed by atoms with van der Waals surface area (Å²) >= 11 is 5.36. The summed E-state index contributed by atoms with van der Waals surface area (Å²) in [6.45, 7) is 3.58. The average Bonchev–Trinajstić information content (AvgIpc) is 2.95. The summed E-state index contributed by atoms with van der Waals surface area (Å²) in [6.07, 6.45) is 5.49.